The van der Waals surface area contributed by atoms with Crippen LogP contribution in [-0.2, 0) is 0 Å². The summed E-state index contributed by atoms with van der Waals surface area (Å²) in [4.78, 5) is 28.2. The smallest absolute Gasteiger partial charge is 0.289 e. The summed E-state index contributed by atoms with van der Waals surface area (Å²) in [6.07, 6.45) is 2.85. The number of aromatic nitrogens is 3. The summed E-state index contributed by atoms with van der Waals surface area (Å²) in [5, 5.41) is 6.84. The van der Waals surface area contributed by atoms with Crippen LogP contribution in [0.5, 0.6) is 0 Å². The number of carbonyl (C=O) groups is 1. The second-order valence-electron chi connectivity index (χ2n) is 5.04. The van der Waals surface area contributed by atoms with E-state index < -0.39 is 5.91 Å². The molecule has 7 heteroatoms. The number of aryl methyl sites for hydroxylation is 1. The highest BCUT2D eigenvalue weighted by Gasteiger charge is 2.10. The van der Waals surface area contributed by atoms with Crippen LogP contribution in [0.1, 0.15) is 21.7 Å². The van der Waals surface area contributed by atoms with E-state index in [0.29, 0.717) is 11.3 Å². The van der Waals surface area contributed by atoms with Crippen molar-refractivity contribution in [3.63, 3.8) is 0 Å². The maximum atomic E-state index is 12.5. The zero-order valence-corrected chi connectivity index (χ0v) is 12.9. The molecule has 1 amide bonds. The number of para-hydroxylation sites is 1. The number of hydrogen-bond acceptors (Lipinski definition) is 4. The van der Waals surface area contributed by atoms with Gasteiger partial charge in [-0.1, -0.05) is 24.3 Å². The summed E-state index contributed by atoms with van der Waals surface area (Å²) in [6.45, 7) is 1.77. The van der Waals surface area contributed by atoms with Crippen molar-refractivity contribution in [3.05, 3.63) is 82.0 Å². The molecular weight excluding hydrogens is 306 g/mol. The Morgan fingerprint density at radius 2 is 1.96 bits per heavy atom. The highest BCUT2D eigenvalue weighted by atomic mass is 16.2. The third-order valence-electron chi connectivity index (χ3n) is 3.39. The predicted octanol–water partition coefficient (Wildman–Crippen LogP) is 1.63. The minimum absolute atomic E-state index is 0.241. The monoisotopic (exact) mass is 321 g/mol. The topological polar surface area (TPSA) is 92.1 Å². The van der Waals surface area contributed by atoms with E-state index in [9.17, 15) is 9.59 Å². The molecule has 2 N–H and O–H groups in total. The van der Waals surface area contributed by atoms with Crippen LogP contribution in [0, 0.1) is 6.92 Å². The lowest BCUT2D eigenvalue weighted by Crippen LogP contribution is -2.20. The number of benzene rings is 1. The van der Waals surface area contributed by atoms with Crippen LogP contribution in [0.2, 0.25) is 0 Å². The van der Waals surface area contributed by atoms with Crippen molar-refractivity contribution in [1.82, 2.24) is 20.2 Å². The van der Waals surface area contributed by atoms with Crippen molar-refractivity contribution >= 4 is 12.1 Å². The number of rotatable bonds is 4. The van der Waals surface area contributed by atoms with Gasteiger partial charge in [-0.25, -0.2) is 10.1 Å². The lowest BCUT2D eigenvalue weighted by molar-refractivity contribution is 0.0950. The van der Waals surface area contributed by atoms with Crippen molar-refractivity contribution in [1.29, 1.82) is 0 Å². The molecule has 3 aromatic rings. The molecule has 0 saturated heterocycles. The van der Waals surface area contributed by atoms with Crippen molar-refractivity contribution < 1.29 is 4.79 Å². The Labute approximate surface area is 137 Å². The molecule has 7 nitrogen and oxygen atoms in total. The molecule has 1 aromatic carbocycles. The van der Waals surface area contributed by atoms with Crippen LogP contribution in [0.15, 0.2) is 64.6 Å². The zero-order chi connectivity index (χ0) is 16.9. The van der Waals surface area contributed by atoms with Crippen LogP contribution in [0.25, 0.3) is 5.69 Å². The molecular formula is C17H15N5O2. The van der Waals surface area contributed by atoms with Gasteiger partial charge in [0.25, 0.3) is 11.5 Å². The summed E-state index contributed by atoms with van der Waals surface area (Å²) >= 11 is 0. The number of pyridine rings is 1. The normalized spacial score (nSPS) is 10.9. The molecule has 0 saturated carbocycles. The molecule has 0 aliphatic heterocycles. The molecule has 2 aromatic heterocycles. The fourth-order valence-corrected chi connectivity index (χ4v) is 2.18. The Kier molecular flexibility index (Phi) is 4.33. The van der Waals surface area contributed by atoms with Crippen LogP contribution in [0.3, 0.4) is 0 Å². The lowest BCUT2D eigenvalue weighted by Gasteiger charge is -1.99. The average Bonchev–Trinajstić information content (AvgIpc) is 2.91. The summed E-state index contributed by atoms with van der Waals surface area (Å²) in [7, 11) is 0. The minimum Gasteiger partial charge on any atom is -0.295 e. The van der Waals surface area contributed by atoms with E-state index in [2.05, 4.69) is 20.6 Å². The first-order chi connectivity index (χ1) is 11.7. The summed E-state index contributed by atoms with van der Waals surface area (Å²) in [5.41, 5.74) is 4.12. The van der Waals surface area contributed by atoms with Gasteiger partial charge in [0.1, 0.15) is 5.69 Å². The fourth-order valence-electron chi connectivity index (χ4n) is 2.18. The SMILES string of the molecule is Cc1[nH]n(-c2ccccc2)c(=O)c1C=NNC(=O)c1ccccn1. The standard InChI is InChI=1S/C17H15N5O2/c1-12-14(11-19-20-16(23)15-9-5-6-10-18-15)17(24)22(21-12)13-7-3-2-4-8-13/h2-11,21H,1H3,(H,20,23). The van der Waals surface area contributed by atoms with Gasteiger partial charge in [-0.3, -0.25) is 19.7 Å². The number of aromatic amines is 1. The van der Waals surface area contributed by atoms with Gasteiger partial charge in [-0.2, -0.15) is 5.10 Å². The van der Waals surface area contributed by atoms with Gasteiger partial charge < -0.3 is 0 Å². The Balaban J connectivity index is 1.80. The van der Waals surface area contributed by atoms with E-state index in [4.69, 9.17) is 0 Å². The quantitative estimate of drug-likeness (QED) is 0.565. The van der Waals surface area contributed by atoms with Crippen molar-refractivity contribution in [2.45, 2.75) is 6.92 Å². The van der Waals surface area contributed by atoms with E-state index in [-0.39, 0.29) is 11.3 Å². The molecule has 0 spiro atoms. The van der Waals surface area contributed by atoms with Gasteiger partial charge in [0, 0.05) is 11.9 Å². The average molecular weight is 321 g/mol. The molecule has 0 bridgehead atoms. The number of carbonyl (C=O) groups excluding carboxylic acids is 1. The molecule has 0 radical (unpaired) electrons. The summed E-state index contributed by atoms with van der Waals surface area (Å²) in [6, 6.07) is 14.2. The van der Waals surface area contributed by atoms with Crippen LogP contribution in [-0.4, -0.2) is 26.9 Å². The number of nitrogens with zero attached hydrogens (tertiary/aromatic N) is 3. The van der Waals surface area contributed by atoms with Gasteiger partial charge in [0.2, 0.25) is 0 Å². The van der Waals surface area contributed by atoms with Gasteiger partial charge in [0.05, 0.1) is 17.5 Å². The molecule has 2 heterocycles. The van der Waals surface area contributed by atoms with Gasteiger partial charge >= 0.3 is 0 Å². The van der Waals surface area contributed by atoms with Crippen molar-refractivity contribution in [3.8, 4) is 5.69 Å². The number of hydrogen-bond donors (Lipinski definition) is 2. The molecule has 24 heavy (non-hydrogen) atoms. The van der Waals surface area contributed by atoms with Crippen LogP contribution >= 0.6 is 0 Å². The molecule has 0 atom stereocenters. The fraction of sp³-hybridized carbons (Fsp3) is 0.0588. The van der Waals surface area contributed by atoms with E-state index in [0.717, 1.165) is 5.69 Å². The predicted molar refractivity (Wildman–Crippen MR) is 90.4 cm³/mol. The number of nitrogens with one attached hydrogen (secondary N) is 2. The highest BCUT2D eigenvalue weighted by Crippen LogP contribution is 2.05. The lowest BCUT2D eigenvalue weighted by atomic mass is 10.3. The summed E-state index contributed by atoms with van der Waals surface area (Å²) in [5.74, 6) is -0.441. The van der Waals surface area contributed by atoms with E-state index in [1.54, 1.807) is 25.1 Å². The maximum Gasteiger partial charge on any atom is 0.289 e. The van der Waals surface area contributed by atoms with Crippen molar-refractivity contribution in [2.24, 2.45) is 5.10 Å². The number of hydrazone groups is 1. The zero-order valence-electron chi connectivity index (χ0n) is 12.9. The highest BCUT2D eigenvalue weighted by molar-refractivity contribution is 5.93. The summed E-state index contributed by atoms with van der Waals surface area (Å²) < 4.78 is 1.43. The Morgan fingerprint density at radius 1 is 1.21 bits per heavy atom. The third-order valence-corrected chi connectivity index (χ3v) is 3.39. The Hall–Kier alpha value is -3.48. The molecule has 0 unspecified atom stereocenters. The van der Waals surface area contributed by atoms with Gasteiger partial charge in [0.15, 0.2) is 0 Å². The molecule has 0 aliphatic rings. The van der Waals surface area contributed by atoms with Crippen molar-refractivity contribution in [2.75, 3.05) is 0 Å². The first-order valence-corrected chi connectivity index (χ1v) is 7.28. The molecule has 0 fully saturated rings. The Bertz CT molecular complexity index is 927. The van der Waals surface area contributed by atoms with E-state index >= 15 is 0 Å². The minimum atomic E-state index is -0.441. The van der Waals surface area contributed by atoms with E-state index in [1.165, 1.54) is 17.1 Å². The van der Waals surface area contributed by atoms with Crippen LogP contribution < -0.4 is 11.0 Å². The second kappa shape index (κ2) is 6.74. The molecule has 0 aliphatic carbocycles. The first-order valence-electron chi connectivity index (χ1n) is 7.28. The number of H-pyrrole nitrogens is 1. The molecule has 120 valence electrons. The molecule has 3 rings (SSSR count). The third kappa shape index (κ3) is 3.14. The number of amides is 1. The van der Waals surface area contributed by atoms with E-state index in [1.807, 2.05) is 30.3 Å². The maximum absolute atomic E-state index is 12.5. The largest absolute Gasteiger partial charge is 0.295 e. The first kappa shape index (κ1) is 15.4. The van der Waals surface area contributed by atoms with Crippen LogP contribution in [0.4, 0.5) is 0 Å². The van der Waals surface area contributed by atoms with Gasteiger partial charge in [-0.15, -0.1) is 0 Å². The van der Waals surface area contributed by atoms with Gasteiger partial charge in [-0.05, 0) is 31.2 Å². The second-order valence-corrected chi connectivity index (χ2v) is 5.04. The Morgan fingerprint density at radius 3 is 2.67 bits per heavy atom.